The van der Waals surface area contributed by atoms with Crippen LogP contribution in [0.2, 0.25) is 5.02 Å². The summed E-state index contributed by atoms with van der Waals surface area (Å²) in [5.74, 6) is -1.23. The molecule has 3 aromatic rings. The van der Waals surface area contributed by atoms with Crippen molar-refractivity contribution in [3.63, 3.8) is 0 Å². The summed E-state index contributed by atoms with van der Waals surface area (Å²) in [6.07, 6.45) is 6.39. The molecule has 0 spiro atoms. The molecule has 1 N–H and O–H groups in total. The minimum absolute atomic E-state index is 0.0790. The van der Waals surface area contributed by atoms with Crippen molar-refractivity contribution in [1.82, 2.24) is 9.88 Å². The molecule has 1 fully saturated rings. The normalized spacial score (nSPS) is 15.5. The Labute approximate surface area is 226 Å². The van der Waals surface area contributed by atoms with Crippen LogP contribution in [0.4, 0.5) is 8.78 Å². The van der Waals surface area contributed by atoms with Crippen molar-refractivity contribution in [2.75, 3.05) is 33.4 Å². The summed E-state index contributed by atoms with van der Waals surface area (Å²) >= 11 is 6.52. The highest BCUT2D eigenvalue weighted by molar-refractivity contribution is 6.32. The third-order valence-electron chi connectivity index (χ3n) is 7.48. The number of pyridine rings is 1. The number of ether oxygens (including phenoxy) is 2. The van der Waals surface area contributed by atoms with Crippen molar-refractivity contribution in [2.45, 2.75) is 44.9 Å². The van der Waals surface area contributed by atoms with Crippen molar-refractivity contribution < 1.29 is 28.2 Å². The zero-order valence-electron chi connectivity index (χ0n) is 21.5. The first kappa shape index (κ1) is 28.0. The number of aryl methyl sites for hydroxylation is 1. The number of halogens is 3. The molecule has 6 nitrogen and oxygen atoms in total. The van der Waals surface area contributed by atoms with Crippen molar-refractivity contribution in [3.8, 4) is 11.5 Å². The monoisotopic (exact) mass is 546 g/mol. The molecule has 1 saturated heterocycles. The Hall–Kier alpha value is -2.97. The minimum atomic E-state index is -0.777. The number of rotatable bonds is 12. The van der Waals surface area contributed by atoms with E-state index in [1.807, 2.05) is 18.2 Å². The lowest BCUT2D eigenvalue weighted by Crippen LogP contribution is -2.42. The van der Waals surface area contributed by atoms with Crippen LogP contribution in [0.1, 0.15) is 44.1 Å². The molecule has 0 radical (unpaired) electrons. The number of carboxylic acid groups (broad SMARTS) is 1. The molecule has 4 rings (SSSR count). The number of carbonyl (C=O) groups is 1. The lowest BCUT2D eigenvalue weighted by atomic mass is 9.72. The second-order valence-corrected chi connectivity index (χ2v) is 10.4. The fourth-order valence-corrected chi connectivity index (χ4v) is 5.61. The average Bonchev–Trinajstić information content (AvgIpc) is 2.90. The maximum atomic E-state index is 13.7. The number of benzene rings is 2. The molecule has 38 heavy (non-hydrogen) atoms. The highest BCUT2D eigenvalue weighted by Gasteiger charge is 2.36. The van der Waals surface area contributed by atoms with E-state index in [-0.39, 0.29) is 24.2 Å². The highest BCUT2D eigenvalue weighted by atomic mass is 35.5. The minimum Gasteiger partial charge on any atom is -0.497 e. The van der Waals surface area contributed by atoms with E-state index in [9.17, 15) is 18.7 Å². The van der Waals surface area contributed by atoms with Gasteiger partial charge in [0.1, 0.15) is 11.6 Å². The smallest absolute Gasteiger partial charge is 0.303 e. The van der Waals surface area contributed by atoms with Gasteiger partial charge in [-0.3, -0.25) is 9.78 Å². The van der Waals surface area contributed by atoms with E-state index < -0.39 is 17.6 Å². The molecule has 0 saturated carbocycles. The van der Waals surface area contributed by atoms with Crippen LogP contribution in [0, 0.1) is 17.0 Å². The van der Waals surface area contributed by atoms with Crippen molar-refractivity contribution in [1.29, 1.82) is 0 Å². The molecule has 1 aliphatic rings. The van der Waals surface area contributed by atoms with E-state index in [0.717, 1.165) is 92.2 Å². The molecule has 2 aromatic carbocycles. The Bertz CT molecular complexity index is 1260. The number of piperidine rings is 1. The Morgan fingerprint density at radius 3 is 2.68 bits per heavy atom. The zero-order chi connectivity index (χ0) is 27.1. The second kappa shape index (κ2) is 12.7. The summed E-state index contributed by atoms with van der Waals surface area (Å²) in [6.45, 7) is 2.61. The number of carboxylic acids is 1. The predicted octanol–water partition coefficient (Wildman–Crippen LogP) is 6.52. The molecule has 1 aliphatic heterocycles. The van der Waals surface area contributed by atoms with E-state index in [0.29, 0.717) is 11.4 Å². The Kier molecular flexibility index (Phi) is 9.39. The first-order chi connectivity index (χ1) is 18.3. The van der Waals surface area contributed by atoms with Crippen LogP contribution < -0.4 is 9.47 Å². The van der Waals surface area contributed by atoms with Gasteiger partial charge in [-0.25, -0.2) is 8.78 Å². The summed E-state index contributed by atoms with van der Waals surface area (Å²) < 4.78 is 37.8. The molecule has 0 atom stereocenters. The fraction of sp³-hybridized carbons (Fsp3) is 0.448. The lowest BCUT2D eigenvalue weighted by Gasteiger charge is -2.41. The third kappa shape index (κ3) is 7.11. The predicted molar refractivity (Wildman–Crippen MR) is 143 cm³/mol. The molecule has 0 amide bonds. The van der Waals surface area contributed by atoms with Gasteiger partial charge >= 0.3 is 5.97 Å². The Balaban J connectivity index is 1.31. The van der Waals surface area contributed by atoms with Crippen LogP contribution in [0.5, 0.6) is 11.5 Å². The SMILES string of the molecule is COc1ccc2ncc(Cl)c(CCCC3(CC(=O)O)CCN(CCCOc4cc(F)ccc4F)CC3)c2c1. The molecule has 1 aromatic heterocycles. The summed E-state index contributed by atoms with van der Waals surface area (Å²) in [5.41, 5.74) is 1.59. The molecule has 9 heteroatoms. The molecule has 204 valence electrons. The largest absolute Gasteiger partial charge is 0.497 e. The quantitative estimate of drug-likeness (QED) is 0.261. The number of likely N-dealkylation sites (tertiary alicyclic amines) is 1. The van der Waals surface area contributed by atoms with Gasteiger partial charge < -0.3 is 19.5 Å². The second-order valence-electron chi connectivity index (χ2n) is 10.0. The first-order valence-corrected chi connectivity index (χ1v) is 13.3. The van der Waals surface area contributed by atoms with Crippen molar-refractivity contribution >= 4 is 28.5 Å². The van der Waals surface area contributed by atoms with Gasteiger partial charge in [-0.2, -0.15) is 0 Å². The van der Waals surface area contributed by atoms with Crippen LogP contribution >= 0.6 is 11.6 Å². The first-order valence-electron chi connectivity index (χ1n) is 12.9. The Morgan fingerprint density at radius 1 is 1.16 bits per heavy atom. The van der Waals surface area contributed by atoms with Gasteiger partial charge in [-0.05, 0) is 92.9 Å². The van der Waals surface area contributed by atoms with Crippen LogP contribution in [0.25, 0.3) is 10.9 Å². The summed E-state index contributed by atoms with van der Waals surface area (Å²) in [7, 11) is 1.62. The van der Waals surface area contributed by atoms with Crippen LogP contribution in [-0.4, -0.2) is 54.3 Å². The van der Waals surface area contributed by atoms with E-state index in [1.54, 1.807) is 13.3 Å². The summed E-state index contributed by atoms with van der Waals surface area (Å²) in [4.78, 5) is 18.5. The van der Waals surface area contributed by atoms with Gasteiger partial charge in [0.15, 0.2) is 11.6 Å². The third-order valence-corrected chi connectivity index (χ3v) is 7.81. The molecule has 0 unspecified atom stereocenters. The van der Waals surface area contributed by atoms with Gasteiger partial charge in [-0.1, -0.05) is 11.6 Å². The molecular weight excluding hydrogens is 514 g/mol. The van der Waals surface area contributed by atoms with Gasteiger partial charge in [0.05, 0.1) is 30.7 Å². The molecular formula is C29H33ClF2N2O4. The molecule has 2 heterocycles. The number of methoxy groups -OCH3 is 1. The van der Waals surface area contributed by atoms with Crippen molar-refractivity contribution in [3.05, 3.63) is 64.8 Å². The van der Waals surface area contributed by atoms with Crippen LogP contribution in [0.3, 0.4) is 0 Å². The fourth-order valence-electron chi connectivity index (χ4n) is 5.37. The molecule has 0 aliphatic carbocycles. The zero-order valence-corrected chi connectivity index (χ0v) is 22.3. The Morgan fingerprint density at radius 2 is 1.95 bits per heavy atom. The molecule has 0 bridgehead atoms. The lowest BCUT2D eigenvalue weighted by molar-refractivity contribution is -0.140. The van der Waals surface area contributed by atoms with Crippen LogP contribution in [-0.2, 0) is 11.2 Å². The number of aliphatic carboxylic acids is 1. The maximum Gasteiger partial charge on any atom is 0.303 e. The van der Waals surface area contributed by atoms with E-state index in [2.05, 4.69) is 9.88 Å². The van der Waals surface area contributed by atoms with Gasteiger partial charge in [0.25, 0.3) is 0 Å². The number of nitrogens with zero attached hydrogens (tertiary/aromatic N) is 2. The maximum absolute atomic E-state index is 13.7. The number of aromatic nitrogens is 1. The number of hydrogen-bond acceptors (Lipinski definition) is 5. The van der Waals surface area contributed by atoms with Crippen molar-refractivity contribution in [2.24, 2.45) is 5.41 Å². The summed E-state index contributed by atoms with van der Waals surface area (Å²) in [5, 5.41) is 11.2. The van der Waals surface area contributed by atoms with E-state index in [4.69, 9.17) is 21.1 Å². The standard InChI is InChI=1S/C29H33ClF2N2O4/c1-37-21-6-8-26-23(17-21)22(24(30)19-33-26)4-2-9-29(18-28(35)36)10-13-34(14-11-29)12-3-15-38-27-16-20(31)5-7-25(27)32/h5-8,16-17,19H,2-4,9-15,18H2,1H3,(H,35,36). The van der Waals surface area contributed by atoms with Gasteiger partial charge in [-0.15, -0.1) is 0 Å². The van der Waals surface area contributed by atoms with E-state index in [1.165, 1.54) is 0 Å². The van der Waals surface area contributed by atoms with Gasteiger partial charge in [0, 0.05) is 24.2 Å². The number of hydrogen-bond donors (Lipinski definition) is 1. The highest BCUT2D eigenvalue weighted by Crippen LogP contribution is 2.40. The summed E-state index contributed by atoms with van der Waals surface area (Å²) in [6, 6.07) is 8.89. The van der Waals surface area contributed by atoms with E-state index >= 15 is 0 Å². The van der Waals surface area contributed by atoms with Crippen LogP contribution in [0.15, 0.2) is 42.6 Å². The number of fused-ring (bicyclic) bond motifs is 1. The average molecular weight is 547 g/mol. The van der Waals surface area contributed by atoms with Gasteiger partial charge in [0.2, 0.25) is 0 Å². The topological polar surface area (TPSA) is 71.9 Å².